The van der Waals surface area contributed by atoms with Crippen LogP contribution in [0, 0.1) is 6.92 Å². The second kappa shape index (κ2) is 7.81. The van der Waals surface area contributed by atoms with Crippen LogP contribution >= 0.6 is 12.4 Å². The first-order valence-electron chi connectivity index (χ1n) is 7.24. The molecule has 2 fully saturated rings. The number of aryl methyl sites for hydroxylation is 1. The number of hydrogen-bond acceptors (Lipinski definition) is 4. The Morgan fingerprint density at radius 2 is 1.75 bits per heavy atom. The van der Waals surface area contributed by atoms with Gasteiger partial charge in [0.25, 0.3) is 0 Å². The molecule has 1 aliphatic heterocycles. The van der Waals surface area contributed by atoms with Gasteiger partial charge in [-0.25, -0.2) is 4.98 Å². The average molecular weight is 299 g/mol. The van der Waals surface area contributed by atoms with Gasteiger partial charge in [0.2, 0.25) is 0 Å². The molecule has 0 bridgehead atoms. The Hall–Kier alpha value is -0.840. The summed E-state index contributed by atoms with van der Waals surface area (Å²) in [5.41, 5.74) is 1.30. The second-order valence-electron chi connectivity index (χ2n) is 5.65. The van der Waals surface area contributed by atoms with Gasteiger partial charge in [-0.1, -0.05) is 12.8 Å². The van der Waals surface area contributed by atoms with Crippen molar-refractivity contribution < 1.29 is 0 Å². The Labute approximate surface area is 128 Å². The lowest BCUT2D eigenvalue weighted by Crippen LogP contribution is -2.50. The summed E-state index contributed by atoms with van der Waals surface area (Å²) < 4.78 is 0. The van der Waals surface area contributed by atoms with Crippen molar-refractivity contribution >= 4 is 18.2 Å². The van der Waals surface area contributed by atoms with E-state index in [-0.39, 0.29) is 18.6 Å². The average Bonchev–Trinajstić information content (AvgIpc) is 2.93. The lowest BCUT2D eigenvalue weighted by Gasteiger charge is -2.38. The molecule has 0 aromatic carbocycles. The molecule has 1 aromatic rings. The van der Waals surface area contributed by atoms with Crippen LogP contribution in [-0.4, -0.2) is 42.1 Å². The van der Waals surface area contributed by atoms with Crippen LogP contribution in [0.15, 0.2) is 18.3 Å². The molecule has 0 amide bonds. The van der Waals surface area contributed by atoms with Gasteiger partial charge in [-0.3, -0.25) is 4.90 Å². The van der Waals surface area contributed by atoms with Crippen molar-refractivity contribution in [1.29, 1.82) is 0 Å². The van der Waals surface area contributed by atoms with Crippen molar-refractivity contribution in [3.8, 4) is 0 Å². The first-order chi connectivity index (χ1) is 8.83. The first kappa shape index (κ1) is 17.2. The zero-order chi connectivity index (χ0) is 12.4. The van der Waals surface area contributed by atoms with Crippen molar-refractivity contribution in [3.63, 3.8) is 0 Å². The van der Waals surface area contributed by atoms with Crippen molar-refractivity contribution in [2.45, 2.75) is 38.6 Å². The second-order valence-corrected chi connectivity index (χ2v) is 5.65. The predicted molar refractivity (Wildman–Crippen MR) is 87.3 cm³/mol. The summed E-state index contributed by atoms with van der Waals surface area (Å²) >= 11 is 0. The number of aromatic nitrogens is 1. The van der Waals surface area contributed by atoms with Gasteiger partial charge in [-0.15, -0.1) is 12.4 Å². The molecule has 3 N–H and O–H groups in total. The van der Waals surface area contributed by atoms with Gasteiger partial charge in [0, 0.05) is 38.4 Å². The maximum absolute atomic E-state index is 4.49. The Kier molecular flexibility index (Phi) is 6.72. The minimum Gasteiger partial charge on any atom is -0.354 e. The summed E-state index contributed by atoms with van der Waals surface area (Å²) in [7, 11) is 0. The summed E-state index contributed by atoms with van der Waals surface area (Å²) in [6.07, 6.45) is 7.63. The Morgan fingerprint density at radius 1 is 1.10 bits per heavy atom. The van der Waals surface area contributed by atoms with Crippen molar-refractivity contribution in [3.05, 3.63) is 23.9 Å². The quantitative estimate of drug-likeness (QED) is 0.912. The molecule has 0 radical (unpaired) electrons. The molecular weight excluding hydrogens is 272 g/mol. The summed E-state index contributed by atoms with van der Waals surface area (Å²) in [5, 5.41) is 0. The number of rotatable bonds is 2. The molecule has 4 nitrogen and oxygen atoms in total. The number of anilines is 1. The fraction of sp³-hybridized carbons (Fsp3) is 0.667. The molecule has 2 aliphatic rings. The molecular formula is C15H27ClN4. The monoisotopic (exact) mass is 298 g/mol. The molecule has 5 heteroatoms. The zero-order valence-corrected chi connectivity index (χ0v) is 13.2. The third-order valence-electron chi connectivity index (χ3n) is 4.38. The summed E-state index contributed by atoms with van der Waals surface area (Å²) in [5.74, 6) is 1.15. The molecule has 0 spiro atoms. The molecule has 0 unspecified atom stereocenters. The molecule has 1 saturated carbocycles. The smallest absolute Gasteiger partial charge is 0.128 e. The van der Waals surface area contributed by atoms with E-state index in [1.807, 2.05) is 6.20 Å². The molecule has 3 rings (SSSR count). The highest BCUT2D eigenvalue weighted by Gasteiger charge is 2.26. The van der Waals surface area contributed by atoms with Crippen LogP contribution in [0.5, 0.6) is 0 Å². The minimum absolute atomic E-state index is 0. The van der Waals surface area contributed by atoms with Crippen LogP contribution in [-0.2, 0) is 0 Å². The topological polar surface area (TPSA) is 54.4 Å². The van der Waals surface area contributed by atoms with Crippen molar-refractivity contribution in [1.82, 2.24) is 16.0 Å². The highest BCUT2D eigenvalue weighted by molar-refractivity contribution is 5.85. The van der Waals surface area contributed by atoms with Crippen molar-refractivity contribution in [2.75, 3.05) is 31.1 Å². The number of nitrogens with zero attached hydrogens (tertiary/aromatic N) is 3. The Balaban J connectivity index is 0.000001000. The highest BCUT2D eigenvalue weighted by atomic mass is 35.5. The molecule has 20 heavy (non-hydrogen) atoms. The minimum atomic E-state index is 0. The van der Waals surface area contributed by atoms with E-state index in [1.165, 1.54) is 44.3 Å². The summed E-state index contributed by atoms with van der Waals surface area (Å²) in [6.45, 7) is 6.82. The maximum atomic E-state index is 4.49. The largest absolute Gasteiger partial charge is 0.354 e. The van der Waals surface area contributed by atoms with Gasteiger partial charge in [-0.2, -0.15) is 0 Å². The van der Waals surface area contributed by atoms with Gasteiger partial charge in [0.05, 0.1) is 0 Å². The van der Waals surface area contributed by atoms with Crippen LogP contribution in [0.25, 0.3) is 0 Å². The fourth-order valence-electron chi connectivity index (χ4n) is 3.28. The summed E-state index contributed by atoms with van der Waals surface area (Å²) in [6, 6.07) is 5.14. The van der Waals surface area contributed by atoms with Gasteiger partial charge in [0.1, 0.15) is 5.82 Å². The lowest BCUT2D eigenvalue weighted by atomic mass is 10.2. The molecule has 0 atom stereocenters. The fourth-order valence-corrected chi connectivity index (χ4v) is 3.28. The van der Waals surface area contributed by atoms with E-state index in [0.717, 1.165) is 24.9 Å². The van der Waals surface area contributed by atoms with E-state index in [9.17, 15) is 0 Å². The van der Waals surface area contributed by atoms with Gasteiger partial charge in [0.15, 0.2) is 0 Å². The van der Waals surface area contributed by atoms with E-state index in [2.05, 4.69) is 33.8 Å². The molecule has 1 aliphatic carbocycles. The van der Waals surface area contributed by atoms with E-state index >= 15 is 0 Å². The zero-order valence-electron chi connectivity index (χ0n) is 12.4. The van der Waals surface area contributed by atoms with E-state index in [0.29, 0.717) is 0 Å². The molecule has 2 heterocycles. The van der Waals surface area contributed by atoms with Crippen LogP contribution < -0.4 is 11.1 Å². The molecule has 1 saturated heterocycles. The van der Waals surface area contributed by atoms with Gasteiger partial charge in [-0.05, 0) is 37.5 Å². The molecule has 114 valence electrons. The lowest BCUT2D eigenvalue weighted by molar-refractivity contribution is 0.187. The van der Waals surface area contributed by atoms with E-state index in [4.69, 9.17) is 0 Å². The van der Waals surface area contributed by atoms with E-state index in [1.54, 1.807) is 0 Å². The van der Waals surface area contributed by atoms with Gasteiger partial charge >= 0.3 is 0 Å². The third-order valence-corrected chi connectivity index (χ3v) is 4.38. The van der Waals surface area contributed by atoms with Gasteiger partial charge < -0.3 is 11.1 Å². The Bertz CT molecular complexity index is 399. The van der Waals surface area contributed by atoms with Crippen LogP contribution in [0.2, 0.25) is 0 Å². The van der Waals surface area contributed by atoms with Crippen LogP contribution in [0.1, 0.15) is 31.2 Å². The number of pyridine rings is 1. The number of halogens is 1. The van der Waals surface area contributed by atoms with Crippen molar-refractivity contribution in [2.24, 2.45) is 0 Å². The van der Waals surface area contributed by atoms with Crippen LogP contribution in [0.3, 0.4) is 0 Å². The molecule has 1 aromatic heterocycles. The predicted octanol–water partition coefficient (Wildman–Crippen LogP) is 3.04. The number of piperazine rings is 1. The summed E-state index contributed by atoms with van der Waals surface area (Å²) in [4.78, 5) is 9.62. The highest BCUT2D eigenvalue weighted by Crippen LogP contribution is 2.25. The maximum Gasteiger partial charge on any atom is 0.128 e. The van der Waals surface area contributed by atoms with Crippen LogP contribution in [0.4, 0.5) is 5.82 Å². The van der Waals surface area contributed by atoms with E-state index < -0.39 is 0 Å². The standard InChI is InChI=1S/C15H23N3.ClH.H3N/c1-13-6-7-16-15(12-13)18-10-8-17(9-11-18)14-4-2-3-5-14;;/h6-7,12,14H,2-5,8-11H2,1H3;1H;1H3. The number of hydrogen-bond donors (Lipinski definition) is 1. The third kappa shape index (κ3) is 3.84. The SMILES string of the molecule is Cc1ccnc(N2CCN(C3CCCC3)CC2)c1.Cl.N. The Morgan fingerprint density at radius 3 is 2.35 bits per heavy atom. The normalized spacial score (nSPS) is 20.4. The first-order valence-corrected chi connectivity index (χ1v) is 7.24.